The number of nitrogens with zero attached hydrogens (tertiary/aromatic N) is 1. The monoisotopic (exact) mass is 249 g/mol. The van der Waals surface area contributed by atoms with E-state index in [0.29, 0.717) is 12.1 Å². The van der Waals surface area contributed by atoms with Crippen LogP contribution in [0.15, 0.2) is 12.1 Å². The number of aryl methyl sites for hydroxylation is 2. The molecule has 1 aromatic rings. The van der Waals surface area contributed by atoms with Crippen LogP contribution in [0.25, 0.3) is 0 Å². The number of carbonyl (C=O) groups is 1. The summed E-state index contributed by atoms with van der Waals surface area (Å²) in [5.41, 5.74) is 8.13. The van der Waals surface area contributed by atoms with Crippen LogP contribution in [0, 0.1) is 13.8 Å². The zero-order valence-electron chi connectivity index (χ0n) is 11.7. The maximum atomic E-state index is 12.0. The summed E-state index contributed by atoms with van der Waals surface area (Å²) < 4.78 is 0. The van der Waals surface area contributed by atoms with Gasteiger partial charge >= 0.3 is 0 Å². The molecule has 0 bridgehead atoms. The molecular weight excluding hydrogens is 226 g/mol. The van der Waals surface area contributed by atoms with E-state index >= 15 is 0 Å². The molecule has 0 fully saturated rings. The van der Waals surface area contributed by atoms with Gasteiger partial charge in [0.1, 0.15) is 0 Å². The van der Waals surface area contributed by atoms with Gasteiger partial charge in [-0.3, -0.25) is 9.78 Å². The van der Waals surface area contributed by atoms with Crippen molar-refractivity contribution in [3.63, 3.8) is 0 Å². The molecule has 0 radical (unpaired) electrons. The van der Waals surface area contributed by atoms with Crippen molar-refractivity contribution in [2.45, 2.75) is 46.1 Å². The third kappa shape index (κ3) is 3.53. The molecule has 0 aliphatic rings. The average Bonchev–Trinajstić information content (AvgIpc) is 2.35. The Morgan fingerprint density at radius 2 is 1.94 bits per heavy atom. The number of pyridine rings is 1. The van der Waals surface area contributed by atoms with E-state index in [0.717, 1.165) is 24.2 Å². The largest absolute Gasteiger partial charge is 0.350 e. The quantitative estimate of drug-likeness (QED) is 0.838. The topological polar surface area (TPSA) is 68.0 Å². The zero-order valence-corrected chi connectivity index (χ0v) is 11.7. The molecule has 0 aromatic carbocycles. The number of nitrogens with two attached hydrogens (primary N) is 1. The maximum absolute atomic E-state index is 12.0. The second kappa shape index (κ2) is 5.96. The fourth-order valence-electron chi connectivity index (χ4n) is 1.78. The van der Waals surface area contributed by atoms with Gasteiger partial charge in [0.05, 0.1) is 11.3 Å². The molecule has 1 amide bonds. The first kappa shape index (κ1) is 14.6. The minimum absolute atomic E-state index is 0.100. The van der Waals surface area contributed by atoms with Gasteiger partial charge in [-0.05, 0) is 38.8 Å². The molecule has 1 rings (SSSR count). The lowest BCUT2D eigenvalue weighted by atomic mass is 9.94. The Morgan fingerprint density at radius 1 is 1.33 bits per heavy atom. The van der Waals surface area contributed by atoms with Gasteiger partial charge in [-0.15, -0.1) is 0 Å². The van der Waals surface area contributed by atoms with Gasteiger partial charge < -0.3 is 11.1 Å². The minimum atomic E-state index is -0.318. The van der Waals surface area contributed by atoms with Crippen molar-refractivity contribution in [1.82, 2.24) is 10.3 Å². The highest BCUT2D eigenvalue weighted by atomic mass is 16.1. The molecule has 18 heavy (non-hydrogen) atoms. The average molecular weight is 249 g/mol. The van der Waals surface area contributed by atoms with Crippen LogP contribution in [0.1, 0.15) is 48.4 Å². The highest BCUT2D eigenvalue weighted by Gasteiger charge is 2.21. The Bertz CT molecular complexity index is 425. The Labute approximate surface area is 109 Å². The molecule has 0 aliphatic carbocycles. The van der Waals surface area contributed by atoms with E-state index in [2.05, 4.69) is 10.3 Å². The molecule has 0 aliphatic heterocycles. The molecule has 3 N–H and O–H groups in total. The first-order chi connectivity index (χ1) is 8.41. The molecular formula is C14H23N3O. The summed E-state index contributed by atoms with van der Waals surface area (Å²) in [4.78, 5) is 16.3. The molecule has 4 nitrogen and oxygen atoms in total. The highest BCUT2D eigenvalue weighted by molar-refractivity contribution is 5.95. The summed E-state index contributed by atoms with van der Waals surface area (Å²) in [7, 11) is 0. The van der Waals surface area contributed by atoms with E-state index in [1.165, 1.54) is 0 Å². The molecule has 0 unspecified atom stereocenters. The fraction of sp³-hybridized carbons (Fsp3) is 0.571. The maximum Gasteiger partial charge on any atom is 0.253 e. The first-order valence-electron chi connectivity index (χ1n) is 6.43. The number of amides is 1. The number of aromatic nitrogens is 1. The van der Waals surface area contributed by atoms with Crippen LogP contribution < -0.4 is 11.1 Å². The van der Waals surface area contributed by atoms with Crippen LogP contribution in [0.4, 0.5) is 0 Å². The Kier molecular flexibility index (Phi) is 4.84. The van der Waals surface area contributed by atoms with Crippen molar-refractivity contribution in [2.75, 3.05) is 6.54 Å². The van der Waals surface area contributed by atoms with Crippen molar-refractivity contribution in [3.05, 3.63) is 29.1 Å². The van der Waals surface area contributed by atoms with E-state index in [1.807, 2.05) is 39.8 Å². The smallest absolute Gasteiger partial charge is 0.253 e. The van der Waals surface area contributed by atoms with E-state index in [1.54, 1.807) is 0 Å². The summed E-state index contributed by atoms with van der Waals surface area (Å²) in [6, 6.07) is 3.65. The van der Waals surface area contributed by atoms with Crippen LogP contribution in [-0.4, -0.2) is 23.0 Å². The SMILES string of the molecule is CCC(N)(CC)CNC(=O)c1ccc(C)nc1C. The van der Waals surface area contributed by atoms with Gasteiger partial charge in [-0.2, -0.15) is 0 Å². The second-order valence-electron chi connectivity index (χ2n) is 4.84. The minimum Gasteiger partial charge on any atom is -0.350 e. The lowest BCUT2D eigenvalue weighted by Crippen LogP contribution is -2.49. The highest BCUT2D eigenvalue weighted by Crippen LogP contribution is 2.11. The third-order valence-electron chi connectivity index (χ3n) is 3.48. The second-order valence-corrected chi connectivity index (χ2v) is 4.84. The summed E-state index contributed by atoms with van der Waals surface area (Å²) in [6.45, 7) is 8.32. The molecule has 4 heteroatoms. The van der Waals surface area contributed by atoms with Crippen molar-refractivity contribution < 1.29 is 4.79 Å². The van der Waals surface area contributed by atoms with Crippen LogP contribution in [0.5, 0.6) is 0 Å². The van der Waals surface area contributed by atoms with Gasteiger partial charge in [-0.1, -0.05) is 13.8 Å². The summed E-state index contributed by atoms with van der Waals surface area (Å²) in [5.74, 6) is -0.100. The Balaban J connectivity index is 2.71. The summed E-state index contributed by atoms with van der Waals surface area (Å²) in [5, 5.41) is 2.90. The first-order valence-corrected chi connectivity index (χ1v) is 6.43. The zero-order chi connectivity index (χ0) is 13.8. The van der Waals surface area contributed by atoms with Gasteiger partial charge in [0.15, 0.2) is 0 Å². The number of hydrogen-bond donors (Lipinski definition) is 2. The van der Waals surface area contributed by atoms with Gasteiger partial charge in [0, 0.05) is 17.8 Å². The molecule has 0 saturated heterocycles. The standard InChI is InChI=1S/C14H23N3O/c1-5-14(15,6-2)9-16-13(18)12-8-7-10(3)17-11(12)4/h7-8H,5-6,9,15H2,1-4H3,(H,16,18). The third-order valence-corrected chi connectivity index (χ3v) is 3.48. The molecule has 100 valence electrons. The predicted molar refractivity (Wildman–Crippen MR) is 73.5 cm³/mol. The number of hydrogen-bond acceptors (Lipinski definition) is 3. The molecule has 0 atom stereocenters. The number of rotatable bonds is 5. The lowest BCUT2D eigenvalue weighted by molar-refractivity contribution is 0.0941. The number of carbonyl (C=O) groups excluding carboxylic acids is 1. The fourth-order valence-corrected chi connectivity index (χ4v) is 1.78. The van der Waals surface area contributed by atoms with Crippen LogP contribution in [0.3, 0.4) is 0 Å². The number of nitrogens with one attached hydrogen (secondary N) is 1. The lowest BCUT2D eigenvalue weighted by Gasteiger charge is -2.26. The normalized spacial score (nSPS) is 11.4. The predicted octanol–water partition coefficient (Wildman–Crippen LogP) is 1.95. The van der Waals surface area contributed by atoms with E-state index in [-0.39, 0.29) is 11.4 Å². The van der Waals surface area contributed by atoms with Crippen LogP contribution in [-0.2, 0) is 0 Å². The Morgan fingerprint density at radius 3 is 2.44 bits per heavy atom. The Hall–Kier alpha value is -1.42. The van der Waals surface area contributed by atoms with Crippen LogP contribution in [0.2, 0.25) is 0 Å². The molecule has 1 aromatic heterocycles. The van der Waals surface area contributed by atoms with E-state index < -0.39 is 0 Å². The molecule has 1 heterocycles. The van der Waals surface area contributed by atoms with Crippen molar-refractivity contribution in [3.8, 4) is 0 Å². The van der Waals surface area contributed by atoms with Crippen molar-refractivity contribution >= 4 is 5.91 Å². The summed E-state index contributed by atoms with van der Waals surface area (Å²) >= 11 is 0. The summed E-state index contributed by atoms with van der Waals surface area (Å²) in [6.07, 6.45) is 1.68. The molecule has 0 saturated carbocycles. The van der Waals surface area contributed by atoms with Gasteiger partial charge in [-0.25, -0.2) is 0 Å². The van der Waals surface area contributed by atoms with E-state index in [4.69, 9.17) is 5.73 Å². The molecule has 0 spiro atoms. The van der Waals surface area contributed by atoms with Crippen LogP contribution >= 0.6 is 0 Å². The van der Waals surface area contributed by atoms with Gasteiger partial charge in [0.25, 0.3) is 5.91 Å². The van der Waals surface area contributed by atoms with Crippen molar-refractivity contribution in [1.29, 1.82) is 0 Å². The van der Waals surface area contributed by atoms with E-state index in [9.17, 15) is 4.79 Å². The van der Waals surface area contributed by atoms with Gasteiger partial charge in [0.2, 0.25) is 0 Å². The van der Waals surface area contributed by atoms with Crippen molar-refractivity contribution in [2.24, 2.45) is 5.73 Å².